The Morgan fingerprint density at radius 3 is 2.38 bits per heavy atom. The third-order valence-corrected chi connectivity index (χ3v) is 5.38. The number of benzene rings is 1. The Kier molecular flexibility index (Phi) is 4.34. The van der Waals surface area contributed by atoms with Crippen molar-refractivity contribution in [1.82, 2.24) is 10.2 Å². The molecule has 114 valence electrons. The van der Waals surface area contributed by atoms with E-state index in [0.29, 0.717) is 17.9 Å². The summed E-state index contributed by atoms with van der Waals surface area (Å²) >= 11 is 0. The van der Waals surface area contributed by atoms with Crippen molar-refractivity contribution in [2.24, 2.45) is 0 Å². The standard InChI is InChI=1S/C14H19N3O3S/c1-4-17(12-7-5-10(2)6-8-12)21(19,20)14-11(3)15-16-13(14)9-18/h5-8,18H,4,9H2,1-3H3,(H,15,16). The second kappa shape index (κ2) is 5.87. The Bertz CT molecular complexity index is 720. The summed E-state index contributed by atoms with van der Waals surface area (Å²) in [5.41, 5.74) is 2.21. The number of anilines is 1. The van der Waals surface area contributed by atoms with Gasteiger partial charge in [-0.2, -0.15) is 5.10 Å². The van der Waals surface area contributed by atoms with Gasteiger partial charge in [-0.05, 0) is 32.9 Å². The molecule has 1 heterocycles. The largest absolute Gasteiger partial charge is 0.390 e. The van der Waals surface area contributed by atoms with Crippen LogP contribution >= 0.6 is 0 Å². The summed E-state index contributed by atoms with van der Waals surface area (Å²) in [5.74, 6) is 0. The molecular weight excluding hydrogens is 290 g/mol. The van der Waals surface area contributed by atoms with E-state index in [2.05, 4.69) is 10.2 Å². The molecular formula is C14H19N3O3S. The van der Waals surface area contributed by atoms with E-state index < -0.39 is 16.6 Å². The normalized spacial score (nSPS) is 11.6. The van der Waals surface area contributed by atoms with Crippen molar-refractivity contribution < 1.29 is 13.5 Å². The quantitative estimate of drug-likeness (QED) is 0.880. The molecule has 0 bridgehead atoms. The van der Waals surface area contributed by atoms with Crippen molar-refractivity contribution in [2.75, 3.05) is 10.8 Å². The predicted molar refractivity (Wildman–Crippen MR) is 80.6 cm³/mol. The molecule has 0 amide bonds. The number of nitrogens with one attached hydrogen (secondary N) is 1. The molecule has 1 aromatic heterocycles. The first kappa shape index (κ1) is 15.5. The number of nitrogens with zero attached hydrogens (tertiary/aromatic N) is 2. The zero-order chi connectivity index (χ0) is 15.6. The number of H-pyrrole nitrogens is 1. The molecule has 0 aliphatic rings. The number of hydrogen-bond acceptors (Lipinski definition) is 4. The van der Waals surface area contributed by atoms with E-state index in [1.54, 1.807) is 26.0 Å². The number of aromatic amines is 1. The van der Waals surface area contributed by atoms with E-state index in [4.69, 9.17) is 0 Å². The van der Waals surface area contributed by atoms with E-state index in [-0.39, 0.29) is 10.6 Å². The molecule has 0 radical (unpaired) electrons. The lowest BCUT2D eigenvalue weighted by atomic mass is 10.2. The maximum Gasteiger partial charge on any atom is 0.268 e. The average Bonchev–Trinajstić information content (AvgIpc) is 2.83. The molecule has 0 spiro atoms. The van der Waals surface area contributed by atoms with Gasteiger partial charge < -0.3 is 5.11 Å². The maximum atomic E-state index is 12.9. The van der Waals surface area contributed by atoms with Gasteiger partial charge in [0.2, 0.25) is 0 Å². The maximum absolute atomic E-state index is 12.9. The smallest absolute Gasteiger partial charge is 0.268 e. The lowest BCUT2D eigenvalue weighted by Gasteiger charge is -2.23. The molecule has 0 aliphatic heterocycles. The fourth-order valence-electron chi connectivity index (χ4n) is 2.23. The van der Waals surface area contributed by atoms with E-state index in [9.17, 15) is 13.5 Å². The van der Waals surface area contributed by atoms with Crippen LogP contribution in [-0.4, -0.2) is 30.3 Å². The Morgan fingerprint density at radius 1 is 1.24 bits per heavy atom. The number of aryl methyl sites for hydroxylation is 2. The van der Waals surface area contributed by atoms with E-state index in [1.165, 1.54) is 4.31 Å². The van der Waals surface area contributed by atoms with Crippen LogP contribution < -0.4 is 4.31 Å². The van der Waals surface area contributed by atoms with Crippen molar-refractivity contribution in [3.63, 3.8) is 0 Å². The molecule has 0 aliphatic carbocycles. The summed E-state index contributed by atoms with van der Waals surface area (Å²) < 4.78 is 27.0. The van der Waals surface area contributed by atoms with Crippen LogP contribution in [-0.2, 0) is 16.6 Å². The molecule has 7 heteroatoms. The second-order valence-corrected chi connectivity index (χ2v) is 6.59. The van der Waals surface area contributed by atoms with Crippen LogP contribution in [0.2, 0.25) is 0 Å². The molecule has 2 N–H and O–H groups in total. The molecule has 21 heavy (non-hydrogen) atoms. The van der Waals surface area contributed by atoms with Crippen LogP contribution in [0.3, 0.4) is 0 Å². The molecule has 0 saturated heterocycles. The van der Waals surface area contributed by atoms with Gasteiger partial charge >= 0.3 is 0 Å². The topological polar surface area (TPSA) is 86.3 Å². The van der Waals surface area contributed by atoms with Gasteiger partial charge in [0.15, 0.2) is 0 Å². The van der Waals surface area contributed by atoms with Crippen molar-refractivity contribution in [3.05, 3.63) is 41.2 Å². The van der Waals surface area contributed by atoms with E-state index in [1.807, 2.05) is 19.1 Å². The Labute approximate surface area is 124 Å². The minimum Gasteiger partial charge on any atom is -0.390 e. The summed E-state index contributed by atoms with van der Waals surface area (Å²) in [4.78, 5) is 0.0485. The number of aromatic nitrogens is 2. The van der Waals surface area contributed by atoms with Crippen LogP contribution in [0.4, 0.5) is 5.69 Å². The van der Waals surface area contributed by atoms with Crippen LogP contribution in [0.1, 0.15) is 23.9 Å². The highest BCUT2D eigenvalue weighted by molar-refractivity contribution is 7.93. The van der Waals surface area contributed by atoms with Gasteiger partial charge in [0.05, 0.1) is 18.0 Å². The van der Waals surface area contributed by atoms with Crippen molar-refractivity contribution >= 4 is 15.7 Å². The van der Waals surface area contributed by atoms with E-state index >= 15 is 0 Å². The van der Waals surface area contributed by atoms with Crippen LogP contribution in [0.25, 0.3) is 0 Å². The van der Waals surface area contributed by atoms with Gasteiger partial charge in [-0.3, -0.25) is 9.40 Å². The van der Waals surface area contributed by atoms with Gasteiger partial charge in [-0.15, -0.1) is 0 Å². The van der Waals surface area contributed by atoms with Gasteiger partial charge in [0.1, 0.15) is 10.6 Å². The van der Waals surface area contributed by atoms with Crippen molar-refractivity contribution in [3.8, 4) is 0 Å². The van der Waals surface area contributed by atoms with Crippen LogP contribution in [0.15, 0.2) is 29.2 Å². The van der Waals surface area contributed by atoms with Gasteiger partial charge in [0.25, 0.3) is 10.0 Å². The van der Waals surface area contributed by atoms with Gasteiger partial charge in [-0.1, -0.05) is 17.7 Å². The molecule has 2 aromatic rings. The van der Waals surface area contributed by atoms with E-state index in [0.717, 1.165) is 5.56 Å². The third kappa shape index (κ3) is 2.79. The number of aliphatic hydroxyl groups is 1. The number of aliphatic hydroxyl groups excluding tert-OH is 1. The highest BCUT2D eigenvalue weighted by Crippen LogP contribution is 2.27. The lowest BCUT2D eigenvalue weighted by molar-refractivity contribution is 0.273. The van der Waals surface area contributed by atoms with Gasteiger partial charge in [-0.25, -0.2) is 8.42 Å². The molecule has 1 aromatic carbocycles. The average molecular weight is 309 g/mol. The SMILES string of the molecule is CCN(c1ccc(C)cc1)S(=O)(=O)c1c(CO)n[nH]c1C. The molecule has 6 nitrogen and oxygen atoms in total. The molecule has 0 unspecified atom stereocenters. The first-order valence-corrected chi connectivity index (χ1v) is 8.10. The molecule has 0 saturated carbocycles. The van der Waals surface area contributed by atoms with Gasteiger partial charge in [0, 0.05) is 6.54 Å². The predicted octanol–water partition coefficient (Wildman–Crippen LogP) is 1.73. The van der Waals surface area contributed by atoms with Crippen molar-refractivity contribution in [1.29, 1.82) is 0 Å². The second-order valence-electron chi connectivity index (χ2n) is 4.79. The number of hydrogen-bond donors (Lipinski definition) is 2. The van der Waals surface area contributed by atoms with Crippen LogP contribution in [0.5, 0.6) is 0 Å². The Balaban J connectivity index is 2.54. The fraction of sp³-hybridized carbons (Fsp3) is 0.357. The summed E-state index contributed by atoms with van der Waals surface area (Å²) in [5, 5.41) is 15.8. The summed E-state index contributed by atoms with van der Waals surface area (Å²) in [6.07, 6.45) is 0. The molecule has 0 atom stereocenters. The monoisotopic (exact) mass is 309 g/mol. The molecule has 2 rings (SSSR count). The number of rotatable bonds is 5. The minimum absolute atomic E-state index is 0.0485. The summed E-state index contributed by atoms with van der Waals surface area (Å²) in [7, 11) is -3.77. The first-order chi connectivity index (χ1) is 9.91. The zero-order valence-corrected chi connectivity index (χ0v) is 13.1. The zero-order valence-electron chi connectivity index (χ0n) is 12.3. The Morgan fingerprint density at radius 2 is 1.86 bits per heavy atom. The minimum atomic E-state index is -3.77. The third-order valence-electron chi connectivity index (χ3n) is 3.27. The van der Waals surface area contributed by atoms with Crippen molar-refractivity contribution in [2.45, 2.75) is 32.3 Å². The number of sulfonamides is 1. The summed E-state index contributed by atoms with van der Waals surface area (Å²) in [6.45, 7) is 5.21. The fourth-order valence-corrected chi connectivity index (χ4v) is 4.03. The lowest BCUT2D eigenvalue weighted by Crippen LogP contribution is -2.31. The highest BCUT2D eigenvalue weighted by Gasteiger charge is 2.30. The van der Waals surface area contributed by atoms with Crippen LogP contribution in [0, 0.1) is 13.8 Å². The molecule has 0 fully saturated rings. The highest BCUT2D eigenvalue weighted by atomic mass is 32.2. The summed E-state index contributed by atoms with van der Waals surface area (Å²) in [6, 6.07) is 7.26. The Hall–Kier alpha value is -1.86. The first-order valence-electron chi connectivity index (χ1n) is 6.66.